The molecule has 1 fully saturated rings. The van der Waals surface area contributed by atoms with Crippen LogP contribution in [0.1, 0.15) is 26.2 Å². The highest BCUT2D eigenvalue weighted by Gasteiger charge is 2.26. The lowest BCUT2D eigenvalue weighted by Gasteiger charge is -2.24. The van der Waals surface area contributed by atoms with Gasteiger partial charge in [-0.1, -0.05) is 37.1 Å². The number of para-hydroxylation sites is 1. The zero-order valence-corrected chi connectivity index (χ0v) is 11.0. The van der Waals surface area contributed by atoms with E-state index in [1.807, 2.05) is 24.3 Å². The second-order valence-corrected chi connectivity index (χ2v) is 5.04. The summed E-state index contributed by atoms with van der Waals surface area (Å²) in [7, 11) is 0. The highest BCUT2D eigenvalue weighted by Crippen LogP contribution is 2.28. The largest absolute Gasteiger partial charge is 0.489 e. The summed E-state index contributed by atoms with van der Waals surface area (Å²) in [6.07, 6.45) is 3.73. The lowest BCUT2D eigenvalue weighted by molar-refractivity contribution is 0.132. The van der Waals surface area contributed by atoms with Crippen molar-refractivity contribution in [2.24, 2.45) is 5.92 Å². The Balaban J connectivity index is 2.04. The molecule has 0 radical (unpaired) electrons. The number of rotatable bonds is 5. The first-order chi connectivity index (χ1) is 8.31. The fourth-order valence-corrected chi connectivity index (χ4v) is 2.55. The molecule has 0 aliphatic carbocycles. The molecule has 3 heteroatoms. The lowest BCUT2D eigenvalue weighted by atomic mass is 9.97. The molecule has 0 saturated carbocycles. The first-order valence-electron chi connectivity index (χ1n) is 6.43. The zero-order chi connectivity index (χ0) is 12.1. The van der Waals surface area contributed by atoms with Crippen LogP contribution < -0.4 is 10.1 Å². The minimum absolute atomic E-state index is 0.287. The molecule has 1 heterocycles. The van der Waals surface area contributed by atoms with Gasteiger partial charge < -0.3 is 10.1 Å². The SMILES string of the molecule is CCC[C@H](Oc1ccccc1Cl)C1CCNC1. The van der Waals surface area contributed by atoms with Crippen LogP contribution in [-0.4, -0.2) is 19.2 Å². The molecule has 1 saturated heterocycles. The molecule has 1 aromatic carbocycles. The van der Waals surface area contributed by atoms with Crippen LogP contribution in [0, 0.1) is 5.92 Å². The third-order valence-corrected chi connectivity index (χ3v) is 3.62. The Morgan fingerprint density at radius 3 is 2.94 bits per heavy atom. The molecule has 1 aromatic rings. The molecule has 0 spiro atoms. The molecular weight excluding hydrogens is 234 g/mol. The van der Waals surface area contributed by atoms with Gasteiger partial charge >= 0.3 is 0 Å². The molecular formula is C14H20ClNO. The summed E-state index contributed by atoms with van der Waals surface area (Å²) in [5, 5.41) is 4.11. The molecule has 17 heavy (non-hydrogen) atoms. The molecule has 94 valence electrons. The average Bonchev–Trinajstić information content (AvgIpc) is 2.85. The van der Waals surface area contributed by atoms with Crippen molar-refractivity contribution >= 4 is 11.6 Å². The molecule has 1 aliphatic heterocycles. The van der Waals surface area contributed by atoms with Gasteiger partial charge in [0.15, 0.2) is 0 Å². The molecule has 0 bridgehead atoms. The molecule has 0 amide bonds. The summed E-state index contributed by atoms with van der Waals surface area (Å²) in [6.45, 7) is 4.37. The number of halogens is 1. The van der Waals surface area contributed by atoms with Gasteiger partial charge in [-0.15, -0.1) is 0 Å². The van der Waals surface area contributed by atoms with E-state index in [1.165, 1.54) is 6.42 Å². The standard InChI is InChI=1S/C14H20ClNO/c1-2-5-13(11-8-9-16-10-11)17-14-7-4-3-6-12(14)15/h3-4,6-7,11,13,16H,2,5,8-10H2,1H3/t11?,13-/m0/s1. The summed E-state index contributed by atoms with van der Waals surface area (Å²) in [5.41, 5.74) is 0. The van der Waals surface area contributed by atoms with Gasteiger partial charge in [0.2, 0.25) is 0 Å². The molecule has 0 aromatic heterocycles. The van der Waals surface area contributed by atoms with E-state index >= 15 is 0 Å². The van der Waals surface area contributed by atoms with Gasteiger partial charge in [0.25, 0.3) is 0 Å². The Morgan fingerprint density at radius 1 is 1.47 bits per heavy atom. The van der Waals surface area contributed by atoms with E-state index in [0.717, 1.165) is 31.7 Å². The van der Waals surface area contributed by atoms with Gasteiger partial charge in [0, 0.05) is 12.5 Å². The second-order valence-electron chi connectivity index (χ2n) is 4.63. The van der Waals surface area contributed by atoms with E-state index in [2.05, 4.69) is 12.2 Å². The van der Waals surface area contributed by atoms with Crippen LogP contribution in [0.2, 0.25) is 5.02 Å². The Morgan fingerprint density at radius 2 is 2.29 bits per heavy atom. The smallest absolute Gasteiger partial charge is 0.138 e. The van der Waals surface area contributed by atoms with Crippen molar-refractivity contribution in [2.75, 3.05) is 13.1 Å². The highest BCUT2D eigenvalue weighted by molar-refractivity contribution is 6.32. The van der Waals surface area contributed by atoms with Crippen LogP contribution in [0.25, 0.3) is 0 Å². The van der Waals surface area contributed by atoms with Crippen molar-refractivity contribution in [3.63, 3.8) is 0 Å². The number of hydrogen-bond donors (Lipinski definition) is 1. The minimum Gasteiger partial charge on any atom is -0.489 e. The van der Waals surface area contributed by atoms with Crippen LogP contribution >= 0.6 is 11.6 Å². The summed E-state index contributed by atoms with van der Waals surface area (Å²) >= 11 is 6.13. The Kier molecular flexibility index (Phi) is 4.69. The van der Waals surface area contributed by atoms with Crippen molar-refractivity contribution in [2.45, 2.75) is 32.3 Å². The summed E-state index contributed by atoms with van der Waals surface area (Å²) in [5.74, 6) is 1.44. The fraction of sp³-hybridized carbons (Fsp3) is 0.571. The second kappa shape index (κ2) is 6.27. The van der Waals surface area contributed by atoms with Gasteiger partial charge in [-0.2, -0.15) is 0 Å². The third-order valence-electron chi connectivity index (χ3n) is 3.31. The first kappa shape index (κ1) is 12.7. The van der Waals surface area contributed by atoms with E-state index in [9.17, 15) is 0 Å². The van der Waals surface area contributed by atoms with E-state index in [0.29, 0.717) is 10.9 Å². The van der Waals surface area contributed by atoms with Gasteiger partial charge in [0.1, 0.15) is 11.9 Å². The predicted octanol–water partition coefficient (Wildman–Crippen LogP) is 3.50. The molecule has 2 atom stereocenters. The highest BCUT2D eigenvalue weighted by atomic mass is 35.5. The van der Waals surface area contributed by atoms with E-state index < -0.39 is 0 Å². The maximum Gasteiger partial charge on any atom is 0.138 e. The normalized spacial score (nSPS) is 21.4. The fourth-order valence-electron chi connectivity index (χ4n) is 2.37. The van der Waals surface area contributed by atoms with Gasteiger partial charge in [-0.05, 0) is 31.5 Å². The van der Waals surface area contributed by atoms with Crippen molar-refractivity contribution in [1.29, 1.82) is 0 Å². The van der Waals surface area contributed by atoms with Gasteiger partial charge in [-0.25, -0.2) is 0 Å². The van der Waals surface area contributed by atoms with Crippen molar-refractivity contribution in [3.8, 4) is 5.75 Å². The van der Waals surface area contributed by atoms with Crippen molar-refractivity contribution in [1.82, 2.24) is 5.32 Å². The summed E-state index contributed by atoms with van der Waals surface area (Å²) < 4.78 is 6.10. The average molecular weight is 254 g/mol. The minimum atomic E-state index is 0.287. The van der Waals surface area contributed by atoms with Crippen molar-refractivity contribution in [3.05, 3.63) is 29.3 Å². The van der Waals surface area contributed by atoms with Gasteiger partial charge in [-0.3, -0.25) is 0 Å². The Bertz CT molecular complexity index is 350. The maximum atomic E-state index is 6.13. The predicted molar refractivity (Wildman–Crippen MR) is 71.8 cm³/mol. The van der Waals surface area contributed by atoms with Gasteiger partial charge in [0.05, 0.1) is 5.02 Å². The quantitative estimate of drug-likeness (QED) is 0.867. The van der Waals surface area contributed by atoms with Crippen LogP contribution in [-0.2, 0) is 0 Å². The number of hydrogen-bond acceptors (Lipinski definition) is 2. The van der Waals surface area contributed by atoms with Crippen LogP contribution in [0.5, 0.6) is 5.75 Å². The monoisotopic (exact) mass is 253 g/mol. The van der Waals surface area contributed by atoms with E-state index in [4.69, 9.17) is 16.3 Å². The van der Waals surface area contributed by atoms with Crippen LogP contribution in [0.4, 0.5) is 0 Å². The summed E-state index contributed by atoms with van der Waals surface area (Å²) in [6, 6.07) is 7.73. The van der Waals surface area contributed by atoms with Crippen LogP contribution in [0.15, 0.2) is 24.3 Å². The maximum absolute atomic E-state index is 6.13. The van der Waals surface area contributed by atoms with Crippen LogP contribution in [0.3, 0.4) is 0 Å². The third kappa shape index (κ3) is 3.36. The van der Waals surface area contributed by atoms with E-state index in [-0.39, 0.29) is 6.10 Å². The molecule has 1 aliphatic rings. The first-order valence-corrected chi connectivity index (χ1v) is 6.81. The number of benzene rings is 1. The molecule has 1 unspecified atom stereocenters. The summed E-state index contributed by atoms with van der Waals surface area (Å²) in [4.78, 5) is 0. The zero-order valence-electron chi connectivity index (χ0n) is 10.3. The van der Waals surface area contributed by atoms with E-state index in [1.54, 1.807) is 0 Å². The Hall–Kier alpha value is -0.730. The topological polar surface area (TPSA) is 21.3 Å². The molecule has 2 rings (SSSR count). The van der Waals surface area contributed by atoms with Crippen molar-refractivity contribution < 1.29 is 4.74 Å². The Labute approximate surface area is 108 Å². The number of nitrogens with one attached hydrogen (secondary N) is 1. The number of ether oxygens (including phenoxy) is 1. The molecule has 2 nitrogen and oxygen atoms in total. The molecule has 1 N–H and O–H groups in total. The lowest BCUT2D eigenvalue weighted by Crippen LogP contribution is -2.28.